The van der Waals surface area contributed by atoms with Crippen LogP contribution in [0.4, 0.5) is 13.2 Å². The van der Waals surface area contributed by atoms with Gasteiger partial charge in [-0.3, -0.25) is 9.63 Å². The first-order chi connectivity index (χ1) is 14.0. The minimum atomic E-state index is -0.668. The highest BCUT2D eigenvalue weighted by molar-refractivity contribution is 5.82. The lowest BCUT2D eigenvalue weighted by atomic mass is 9.79. The molecule has 150 valence electrons. The molecule has 2 fully saturated rings. The van der Waals surface area contributed by atoms with Crippen molar-refractivity contribution in [3.8, 4) is 0 Å². The van der Waals surface area contributed by atoms with Crippen LogP contribution in [0.2, 0.25) is 0 Å². The first kappa shape index (κ1) is 18.2. The Kier molecular flexibility index (Phi) is 4.35. The molecule has 2 aromatic carbocycles. The fraction of sp³-hybridized carbons (Fsp3) is 0.318. The van der Waals surface area contributed by atoms with Gasteiger partial charge < -0.3 is 4.57 Å². The van der Waals surface area contributed by atoms with E-state index in [-0.39, 0.29) is 23.7 Å². The summed E-state index contributed by atoms with van der Waals surface area (Å²) in [7, 11) is 0. The normalized spacial score (nSPS) is 24.1. The van der Waals surface area contributed by atoms with E-state index in [0.29, 0.717) is 31.4 Å². The summed E-state index contributed by atoms with van der Waals surface area (Å²) in [5, 5.41) is 2.12. The maximum absolute atomic E-state index is 13.6. The van der Waals surface area contributed by atoms with Gasteiger partial charge in [0.2, 0.25) is 5.91 Å². The molecule has 1 saturated heterocycles. The molecule has 2 aliphatic rings. The molecule has 1 aliphatic heterocycles. The second kappa shape index (κ2) is 6.91. The Labute approximate surface area is 165 Å². The Hall–Kier alpha value is -2.80. The van der Waals surface area contributed by atoms with Crippen LogP contribution in [0.25, 0.3) is 10.9 Å². The van der Waals surface area contributed by atoms with Crippen molar-refractivity contribution in [2.45, 2.75) is 31.3 Å². The van der Waals surface area contributed by atoms with Crippen molar-refractivity contribution in [2.75, 3.05) is 6.61 Å². The molecule has 1 amide bonds. The topological polar surface area (TPSA) is 34.5 Å². The minimum Gasteiger partial charge on any atom is -0.344 e. The van der Waals surface area contributed by atoms with E-state index in [1.54, 1.807) is 6.07 Å². The van der Waals surface area contributed by atoms with E-state index in [9.17, 15) is 18.0 Å². The smallest absolute Gasteiger partial charge is 0.249 e. The zero-order chi connectivity index (χ0) is 20.1. The van der Waals surface area contributed by atoms with Gasteiger partial charge in [-0.05, 0) is 54.8 Å². The first-order valence-electron chi connectivity index (χ1n) is 9.67. The molecule has 7 heteroatoms. The second-order valence-electron chi connectivity index (χ2n) is 7.75. The van der Waals surface area contributed by atoms with Crippen LogP contribution in [0.5, 0.6) is 0 Å². The average Bonchev–Trinajstić information content (AvgIpc) is 3.26. The molecule has 0 bridgehead atoms. The maximum Gasteiger partial charge on any atom is 0.249 e. The lowest BCUT2D eigenvalue weighted by Crippen LogP contribution is -2.41. The number of hydroxylamine groups is 2. The van der Waals surface area contributed by atoms with Crippen molar-refractivity contribution in [1.29, 1.82) is 0 Å². The predicted octanol–water partition coefficient (Wildman–Crippen LogP) is 4.91. The molecule has 3 aromatic rings. The average molecular weight is 400 g/mol. The van der Waals surface area contributed by atoms with Crippen LogP contribution >= 0.6 is 0 Å². The van der Waals surface area contributed by atoms with E-state index in [0.717, 1.165) is 17.0 Å². The lowest BCUT2D eigenvalue weighted by molar-refractivity contribution is -0.185. The zero-order valence-corrected chi connectivity index (χ0v) is 15.5. The van der Waals surface area contributed by atoms with E-state index in [2.05, 4.69) is 4.57 Å². The molecule has 0 radical (unpaired) electrons. The van der Waals surface area contributed by atoms with Crippen molar-refractivity contribution in [2.24, 2.45) is 5.92 Å². The summed E-state index contributed by atoms with van der Waals surface area (Å²) in [6, 6.07) is 9.52. The molecule has 1 unspecified atom stereocenters. The zero-order valence-electron chi connectivity index (χ0n) is 15.5. The second-order valence-corrected chi connectivity index (χ2v) is 7.75. The number of benzene rings is 2. The Balaban J connectivity index is 1.30. The molecule has 0 spiro atoms. The fourth-order valence-corrected chi connectivity index (χ4v) is 4.41. The third-order valence-corrected chi connectivity index (χ3v) is 5.93. The van der Waals surface area contributed by atoms with Gasteiger partial charge in [-0.25, -0.2) is 18.2 Å². The first-order valence-corrected chi connectivity index (χ1v) is 9.67. The number of carbonyl (C=O) groups is 1. The minimum absolute atomic E-state index is 0.152. The highest BCUT2D eigenvalue weighted by Crippen LogP contribution is 2.43. The van der Waals surface area contributed by atoms with E-state index in [1.165, 1.54) is 29.3 Å². The Morgan fingerprint density at radius 2 is 1.72 bits per heavy atom. The standard InChI is InChI=1S/C22H19F3N2O2/c23-16-1-2-20-13(7-16)3-5-26(20)19-10-15(11-19)22(28)27-21(4-6-29-27)14-8-17(24)12-18(25)9-14/h1-3,5,7-9,12,15,19,21H,4,6,10-11H2. The number of aromatic nitrogens is 1. The van der Waals surface area contributed by atoms with E-state index in [1.807, 2.05) is 12.3 Å². The Morgan fingerprint density at radius 3 is 2.48 bits per heavy atom. The number of amides is 1. The summed E-state index contributed by atoms with van der Waals surface area (Å²) in [5.41, 5.74) is 1.34. The molecule has 2 heterocycles. The van der Waals surface area contributed by atoms with Gasteiger partial charge >= 0.3 is 0 Å². The van der Waals surface area contributed by atoms with Gasteiger partial charge in [-0.2, -0.15) is 0 Å². The number of nitrogens with zero attached hydrogens (tertiary/aromatic N) is 2. The van der Waals surface area contributed by atoms with E-state index in [4.69, 9.17) is 4.84 Å². The molecule has 0 N–H and O–H groups in total. The van der Waals surface area contributed by atoms with Gasteiger partial charge in [0, 0.05) is 41.5 Å². The van der Waals surface area contributed by atoms with Gasteiger partial charge in [0.25, 0.3) is 0 Å². The number of halogens is 3. The fourth-order valence-electron chi connectivity index (χ4n) is 4.41. The molecule has 5 rings (SSSR count). The lowest BCUT2D eigenvalue weighted by Gasteiger charge is -2.38. The van der Waals surface area contributed by atoms with E-state index >= 15 is 0 Å². The third kappa shape index (κ3) is 3.19. The van der Waals surface area contributed by atoms with Crippen molar-refractivity contribution in [1.82, 2.24) is 9.63 Å². The SMILES string of the molecule is O=C(C1CC(n2ccc3cc(F)ccc32)C1)N1OCCC1c1cc(F)cc(F)c1. The Morgan fingerprint density at radius 1 is 0.966 bits per heavy atom. The summed E-state index contributed by atoms with van der Waals surface area (Å²) in [4.78, 5) is 18.5. The summed E-state index contributed by atoms with van der Waals surface area (Å²) in [6.45, 7) is 0.332. The highest BCUT2D eigenvalue weighted by atomic mass is 19.1. The van der Waals surface area contributed by atoms with E-state index < -0.39 is 17.7 Å². The summed E-state index contributed by atoms with van der Waals surface area (Å²) >= 11 is 0. The molecular weight excluding hydrogens is 381 g/mol. The number of carbonyl (C=O) groups excluding carboxylic acids is 1. The van der Waals surface area contributed by atoms with Crippen LogP contribution in [0.1, 0.15) is 36.9 Å². The van der Waals surface area contributed by atoms with Crippen molar-refractivity contribution >= 4 is 16.8 Å². The molecular formula is C22H19F3N2O2. The molecule has 1 saturated carbocycles. The van der Waals surface area contributed by atoms with Crippen molar-refractivity contribution in [3.63, 3.8) is 0 Å². The summed E-state index contributed by atoms with van der Waals surface area (Å²) in [5.74, 6) is -1.98. The third-order valence-electron chi connectivity index (χ3n) is 5.93. The monoisotopic (exact) mass is 400 g/mol. The van der Waals surface area contributed by atoms with Gasteiger partial charge in [0.05, 0.1) is 12.6 Å². The highest BCUT2D eigenvalue weighted by Gasteiger charge is 2.42. The summed E-state index contributed by atoms with van der Waals surface area (Å²) < 4.78 is 42.7. The van der Waals surface area contributed by atoms with Crippen LogP contribution in [0.15, 0.2) is 48.7 Å². The van der Waals surface area contributed by atoms with Gasteiger partial charge in [0.1, 0.15) is 17.5 Å². The molecule has 29 heavy (non-hydrogen) atoms. The maximum atomic E-state index is 13.6. The van der Waals surface area contributed by atoms with Crippen LogP contribution in [-0.2, 0) is 9.63 Å². The van der Waals surface area contributed by atoms with Crippen LogP contribution in [0.3, 0.4) is 0 Å². The largest absolute Gasteiger partial charge is 0.344 e. The van der Waals surface area contributed by atoms with Gasteiger partial charge in [-0.1, -0.05) is 0 Å². The quantitative estimate of drug-likeness (QED) is 0.626. The van der Waals surface area contributed by atoms with Gasteiger partial charge in [0.15, 0.2) is 0 Å². The van der Waals surface area contributed by atoms with Crippen LogP contribution in [0, 0.1) is 23.4 Å². The van der Waals surface area contributed by atoms with Crippen molar-refractivity contribution in [3.05, 3.63) is 71.7 Å². The number of hydrogen-bond donors (Lipinski definition) is 0. The van der Waals surface area contributed by atoms with Crippen LogP contribution in [-0.4, -0.2) is 22.1 Å². The molecule has 4 nitrogen and oxygen atoms in total. The van der Waals surface area contributed by atoms with Crippen LogP contribution < -0.4 is 0 Å². The molecule has 1 aliphatic carbocycles. The molecule has 1 aromatic heterocycles. The number of hydrogen-bond acceptors (Lipinski definition) is 2. The van der Waals surface area contributed by atoms with Gasteiger partial charge in [-0.15, -0.1) is 0 Å². The number of fused-ring (bicyclic) bond motifs is 1. The predicted molar refractivity (Wildman–Crippen MR) is 100 cm³/mol. The number of rotatable bonds is 3. The van der Waals surface area contributed by atoms with Crippen molar-refractivity contribution < 1.29 is 22.8 Å². The summed E-state index contributed by atoms with van der Waals surface area (Å²) in [6.07, 6.45) is 3.70. The Bertz CT molecular complexity index is 1070. The molecule has 1 atom stereocenters.